The first kappa shape index (κ1) is 10.2. The van der Waals surface area contributed by atoms with E-state index in [9.17, 15) is 0 Å². The van der Waals surface area contributed by atoms with Crippen LogP contribution in [0.1, 0.15) is 11.4 Å². The second kappa shape index (κ2) is 3.87. The summed E-state index contributed by atoms with van der Waals surface area (Å²) in [6.45, 7) is 0. The molecular formula is C6H6BI2N3. The van der Waals surface area contributed by atoms with Crippen molar-refractivity contribution in [1.29, 1.82) is 5.26 Å². The number of rotatable bonds is 1. The number of halogens is 2. The van der Waals surface area contributed by atoms with Crippen LogP contribution in [0.2, 0.25) is 0 Å². The monoisotopic (exact) mass is 385 g/mol. The van der Waals surface area contributed by atoms with Gasteiger partial charge in [-0.05, 0) is 22.6 Å². The van der Waals surface area contributed by atoms with Crippen molar-refractivity contribution in [3.63, 3.8) is 0 Å². The van der Waals surface area contributed by atoms with Gasteiger partial charge in [-0.1, -0.05) is 28.1 Å². The van der Waals surface area contributed by atoms with Crippen LogP contribution in [0.3, 0.4) is 0 Å². The van der Waals surface area contributed by atoms with Crippen molar-refractivity contribution in [2.45, 2.75) is 4.43 Å². The number of nitrogens with two attached hydrogens (primary N) is 1. The predicted molar refractivity (Wildman–Crippen MR) is 67.9 cm³/mol. The van der Waals surface area contributed by atoms with Crippen LogP contribution in [0.5, 0.6) is 0 Å². The lowest BCUT2D eigenvalue weighted by Gasteiger charge is -1.99. The van der Waals surface area contributed by atoms with Crippen molar-refractivity contribution in [1.82, 2.24) is 4.68 Å². The van der Waals surface area contributed by atoms with Crippen molar-refractivity contribution >= 4 is 58.5 Å². The van der Waals surface area contributed by atoms with E-state index in [0.29, 0.717) is 5.69 Å². The molecule has 3 nitrogen and oxygen atoms in total. The molecule has 1 heterocycles. The topological polar surface area (TPSA) is 54.7 Å². The van der Waals surface area contributed by atoms with Crippen LogP contribution in [0, 0.1) is 14.9 Å². The van der Waals surface area contributed by atoms with Gasteiger partial charge in [-0.15, -0.1) is 0 Å². The van der Waals surface area contributed by atoms with E-state index in [2.05, 4.69) is 51.3 Å². The molecule has 0 aromatic carbocycles. The van der Waals surface area contributed by atoms with Gasteiger partial charge in [0.25, 0.3) is 0 Å². The summed E-state index contributed by atoms with van der Waals surface area (Å²) >= 11 is 4.39. The van der Waals surface area contributed by atoms with E-state index in [4.69, 9.17) is 11.1 Å². The van der Waals surface area contributed by atoms with Gasteiger partial charge in [0, 0.05) is 13.7 Å². The lowest BCUT2D eigenvalue weighted by Crippen LogP contribution is -2.17. The summed E-state index contributed by atoms with van der Waals surface area (Å²) in [6.07, 6.45) is 0. The molecule has 1 rings (SSSR count). The number of aromatic nitrogens is 1. The van der Waals surface area contributed by atoms with Crippen molar-refractivity contribution < 1.29 is 0 Å². The second-order valence-electron chi connectivity index (χ2n) is 2.35. The van der Waals surface area contributed by atoms with Gasteiger partial charge in [-0.25, -0.2) is 0 Å². The van der Waals surface area contributed by atoms with Gasteiger partial charge < -0.3 is 5.84 Å². The van der Waals surface area contributed by atoms with Crippen LogP contribution in [-0.2, 0) is 4.43 Å². The zero-order valence-electron chi connectivity index (χ0n) is 6.43. The number of nitrogens with zero attached hydrogens (tertiary/aromatic N) is 2. The molecule has 0 atom stereocenters. The quantitative estimate of drug-likeness (QED) is 0.317. The number of nitrogen functional groups attached to an aromatic ring is 1. The lowest BCUT2D eigenvalue weighted by atomic mass is 9.97. The molecule has 62 valence electrons. The molecule has 12 heavy (non-hydrogen) atoms. The zero-order chi connectivity index (χ0) is 9.30. The smallest absolute Gasteiger partial charge is 0.152 e. The molecule has 0 aliphatic carbocycles. The van der Waals surface area contributed by atoms with Gasteiger partial charge in [-0.2, -0.15) is 5.26 Å². The molecule has 0 radical (unpaired) electrons. The SMILES string of the molecule is Bc1c(I)c(C#N)n(N)c1CI. The zero-order valence-corrected chi connectivity index (χ0v) is 10.7. The van der Waals surface area contributed by atoms with Gasteiger partial charge in [0.05, 0.1) is 0 Å². The summed E-state index contributed by atoms with van der Waals surface area (Å²) in [5, 5.41) is 8.77. The fourth-order valence-electron chi connectivity index (χ4n) is 0.993. The van der Waals surface area contributed by atoms with Crippen LogP contribution in [0.25, 0.3) is 0 Å². The largest absolute Gasteiger partial charge is 0.338 e. The van der Waals surface area contributed by atoms with Crippen LogP contribution in [0.15, 0.2) is 0 Å². The van der Waals surface area contributed by atoms with Crippen LogP contribution in [0.4, 0.5) is 0 Å². The molecule has 2 N–H and O–H groups in total. The average Bonchev–Trinajstić information content (AvgIpc) is 2.25. The number of hydrogen-bond donors (Lipinski definition) is 1. The first-order chi connectivity index (χ1) is 5.63. The second-order valence-corrected chi connectivity index (χ2v) is 4.19. The molecule has 0 aliphatic heterocycles. The summed E-state index contributed by atoms with van der Waals surface area (Å²) in [7, 11) is 1.99. The molecule has 0 unspecified atom stereocenters. The van der Waals surface area contributed by atoms with Gasteiger partial charge in [0.1, 0.15) is 13.9 Å². The molecule has 0 fully saturated rings. The maximum absolute atomic E-state index is 8.77. The molecule has 0 spiro atoms. The summed E-state index contributed by atoms with van der Waals surface area (Å²) in [5.74, 6) is 5.71. The summed E-state index contributed by atoms with van der Waals surface area (Å²) in [6, 6.07) is 2.09. The Bertz CT molecular complexity index is 353. The Hall–Kier alpha value is 0.0949. The molecular weight excluding hydrogens is 379 g/mol. The third kappa shape index (κ3) is 1.44. The Balaban J connectivity index is 3.45. The van der Waals surface area contributed by atoms with E-state index < -0.39 is 0 Å². The Kier molecular flexibility index (Phi) is 3.28. The minimum Gasteiger partial charge on any atom is -0.338 e. The van der Waals surface area contributed by atoms with Crippen molar-refractivity contribution in [2.75, 3.05) is 5.84 Å². The molecule has 0 bridgehead atoms. The molecule has 0 saturated carbocycles. The van der Waals surface area contributed by atoms with Crippen LogP contribution in [-0.4, -0.2) is 12.5 Å². The van der Waals surface area contributed by atoms with Crippen LogP contribution < -0.4 is 11.3 Å². The number of alkyl halides is 1. The number of nitriles is 1. The molecule has 1 aromatic heterocycles. The highest BCUT2D eigenvalue weighted by Gasteiger charge is 2.14. The van der Waals surface area contributed by atoms with Crippen molar-refractivity contribution in [3.05, 3.63) is 15.0 Å². The van der Waals surface area contributed by atoms with Crippen molar-refractivity contribution in [2.24, 2.45) is 0 Å². The average molecular weight is 385 g/mol. The fourth-order valence-corrected chi connectivity index (χ4v) is 2.62. The van der Waals surface area contributed by atoms with E-state index in [1.54, 1.807) is 0 Å². The Morgan fingerprint density at radius 2 is 2.25 bits per heavy atom. The van der Waals surface area contributed by atoms with Crippen LogP contribution >= 0.6 is 45.2 Å². The maximum atomic E-state index is 8.77. The van der Waals surface area contributed by atoms with E-state index in [1.165, 1.54) is 4.68 Å². The summed E-state index contributed by atoms with van der Waals surface area (Å²) in [4.78, 5) is 0. The summed E-state index contributed by atoms with van der Waals surface area (Å²) < 4.78 is 3.27. The van der Waals surface area contributed by atoms with Gasteiger partial charge in [-0.3, -0.25) is 4.68 Å². The minimum absolute atomic E-state index is 0.555. The molecule has 0 amide bonds. The maximum Gasteiger partial charge on any atom is 0.152 e. The standard InChI is InChI=1S/C6H6BI2N3/c7-5-3(1-8)12(11)4(2-10)6(5)9/h1,7,11H2. The third-order valence-electron chi connectivity index (χ3n) is 1.73. The molecule has 6 heteroatoms. The Morgan fingerprint density at radius 3 is 2.50 bits per heavy atom. The highest BCUT2D eigenvalue weighted by atomic mass is 127. The summed E-state index contributed by atoms with van der Waals surface area (Å²) in [5.41, 5.74) is 2.69. The fraction of sp³-hybridized carbons (Fsp3) is 0.167. The van der Waals surface area contributed by atoms with Crippen molar-refractivity contribution in [3.8, 4) is 6.07 Å². The Labute approximate surface area is 99.0 Å². The van der Waals surface area contributed by atoms with Gasteiger partial charge in [0.2, 0.25) is 0 Å². The molecule has 1 aromatic rings. The minimum atomic E-state index is 0.555. The predicted octanol–water partition coefficient (Wildman–Crippen LogP) is -0.128. The highest BCUT2D eigenvalue weighted by Crippen LogP contribution is 2.13. The first-order valence-electron chi connectivity index (χ1n) is 3.24. The highest BCUT2D eigenvalue weighted by molar-refractivity contribution is 14.1. The van der Waals surface area contributed by atoms with E-state index in [-0.39, 0.29) is 0 Å². The Morgan fingerprint density at radius 1 is 1.67 bits per heavy atom. The molecule has 0 aliphatic rings. The number of hydrogen-bond acceptors (Lipinski definition) is 2. The van der Waals surface area contributed by atoms with E-state index in [1.807, 2.05) is 7.85 Å². The third-order valence-corrected chi connectivity index (χ3v) is 3.78. The van der Waals surface area contributed by atoms with E-state index >= 15 is 0 Å². The molecule has 0 saturated heterocycles. The van der Waals surface area contributed by atoms with Gasteiger partial charge >= 0.3 is 0 Å². The normalized spacial score (nSPS) is 9.75. The van der Waals surface area contributed by atoms with E-state index in [0.717, 1.165) is 19.2 Å². The lowest BCUT2D eigenvalue weighted by molar-refractivity contribution is 0.940. The van der Waals surface area contributed by atoms with Gasteiger partial charge in [0.15, 0.2) is 5.69 Å². The first-order valence-corrected chi connectivity index (χ1v) is 5.84.